The molecule has 0 saturated carbocycles. The van der Waals surface area contributed by atoms with Gasteiger partial charge in [0.05, 0.1) is 22.1 Å². The van der Waals surface area contributed by atoms with Crippen molar-refractivity contribution < 1.29 is 4.74 Å². The van der Waals surface area contributed by atoms with Crippen LogP contribution in [0.1, 0.15) is 13.3 Å². The number of benzene rings is 1. The molecule has 0 amide bonds. The Morgan fingerprint density at radius 2 is 2.19 bits per heavy atom. The molecule has 1 aromatic carbocycles. The molecule has 0 spiro atoms. The first kappa shape index (κ1) is 13.7. The van der Waals surface area contributed by atoms with Crippen molar-refractivity contribution in [3.8, 4) is 0 Å². The van der Waals surface area contributed by atoms with Gasteiger partial charge in [-0.2, -0.15) is 0 Å². The molecule has 112 valence electrons. The molecule has 0 aliphatic rings. The zero-order valence-electron chi connectivity index (χ0n) is 12.2. The van der Waals surface area contributed by atoms with E-state index in [1.807, 2.05) is 23.6 Å². The van der Waals surface area contributed by atoms with Crippen molar-refractivity contribution in [2.24, 2.45) is 7.05 Å². The second kappa shape index (κ2) is 5.25. The van der Waals surface area contributed by atoms with Crippen LogP contribution in [0.2, 0.25) is 0 Å². The zero-order valence-corrected chi connectivity index (χ0v) is 12.2. The fraction of sp³-hybridized carbons (Fsp3) is 0.429. The molecule has 2 aromatic heterocycles. The maximum Gasteiger partial charge on any atom is 0.326 e. The molecule has 3 rings (SSSR count). The second-order valence-electron chi connectivity index (χ2n) is 5.02. The first-order valence-corrected chi connectivity index (χ1v) is 7.04. The van der Waals surface area contributed by atoms with Crippen LogP contribution in [0, 0.1) is 0 Å². The lowest BCUT2D eigenvalue weighted by molar-refractivity contribution is 0.142. The van der Waals surface area contributed by atoms with Gasteiger partial charge in [0.2, 0.25) is 5.95 Å². The van der Waals surface area contributed by atoms with Gasteiger partial charge in [0, 0.05) is 26.8 Å². The minimum atomic E-state index is -0.131. The summed E-state index contributed by atoms with van der Waals surface area (Å²) in [5.74, 6) is 0.485. The van der Waals surface area contributed by atoms with Crippen LogP contribution in [-0.2, 0) is 18.3 Å². The number of hydrogen-bond donors (Lipinski definition) is 2. The molecule has 0 aliphatic carbocycles. The lowest BCUT2D eigenvalue weighted by atomic mass is 10.2. The van der Waals surface area contributed by atoms with E-state index in [1.54, 1.807) is 11.6 Å². The third-order valence-corrected chi connectivity index (χ3v) is 3.68. The maximum absolute atomic E-state index is 11.7. The Balaban J connectivity index is 2.05. The summed E-state index contributed by atoms with van der Waals surface area (Å²) in [6.07, 6.45) is 0.869. The van der Waals surface area contributed by atoms with Gasteiger partial charge in [-0.25, -0.2) is 9.78 Å². The summed E-state index contributed by atoms with van der Waals surface area (Å²) >= 11 is 0. The summed E-state index contributed by atoms with van der Waals surface area (Å²) in [7, 11) is 1.74. The van der Waals surface area contributed by atoms with Crippen LogP contribution >= 0.6 is 0 Å². The van der Waals surface area contributed by atoms with E-state index in [-0.39, 0.29) is 5.69 Å². The van der Waals surface area contributed by atoms with Gasteiger partial charge in [0.15, 0.2) is 0 Å². The van der Waals surface area contributed by atoms with Crippen LogP contribution in [0.5, 0.6) is 0 Å². The van der Waals surface area contributed by atoms with Crippen molar-refractivity contribution in [2.45, 2.75) is 19.9 Å². The second-order valence-corrected chi connectivity index (χ2v) is 5.02. The number of nitrogens with zero attached hydrogens (tertiary/aromatic N) is 3. The van der Waals surface area contributed by atoms with E-state index in [2.05, 4.69) is 9.97 Å². The maximum atomic E-state index is 11.7. The summed E-state index contributed by atoms with van der Waals surface area (Å²) in [5, 5.41) is 0. The lowest BCUT2D eigenvalue weighted by Gasteiger charge is -2.06. The predicted octanol–water partition coefficient (Wildman–Crippen LogP) is 1.23. The summed E-state index contributed by atoms with van der Waals surface area (Å²) < 4.78 is 8.90. The number of hydrogen-bond acceptors (Lipinski definition) is 4. The van der Waals surface area contributed by atoms with Crippen molar-refractivity contribution in [1.29, 1.82) is 0 Å². The standard InChI is InChI=1S/C14H19N5O2/c1-3-21-6-4-5-19-12-8-11-9(17-14(20)18(11)2)7-10(12)16-13(19)15/h7-8H,3-6H2,1-2H3,(H2,15,16)(H,17,20). The number of nitrogens with two attached hydrogens (primary N) is 1. The normalized spacial score (nSPS) is 11.7. The fourth-order valence-corrected chi connectivity index (χ4v) is 2.57. The Morgan fingerprint density at radius 1 is 1.38 bits per heavy atom. The van der Waals surface area contributed by atoms with Crippen LogP contribution in [-0.4, -0.2) is 32.3 Å². The molecule has 7 nitrogen and oxygen atoms in total. The van der Waals surface area contributed by atoms with Gasteiger partial charge in [-0.05, 0) is 25.5 Å². The number of aryl methyl sites for hydroxylation is 2. The molecular weight excluding hydrogens is 270 g/mol. The molecule has 3 N–H and O–H groups in total. The molecule has 0 atom stereocenters. The number of aromatic amines is 1. The lowest BCUT2D eigenvalue weighted by Crippen LogP contribution is -2.11. The van der Waals surface area contributed by atoms with Crippen LogP contribution < -0.4 is 11.4 Å². The van der Waals surface area contributed by atoms with E-state index in [1.165, 1.54) is 0 Å². The number of ether oxygens (including phenoxy) is 1. The summed E-state index contributed by atoms with van der Waals surface area (Å²) in [5.41, 5.74) is 9.21. The van der Waals surface area contributed by atoms with Crippen LogP contribution in [0.4, 0.5) is 5.95 Å². The van der Waals surface area contributed by atoms with E-state index in [4.69, 9.17) is 10.5 Å². The van der Waals surface area contributed by atoms with Gasteiger partial charge in [-0.1, -0.05) is 0 Å². The number of nitrogens with one attached hydrogen (secondary N) is 1. The number of aromatic nitrogens is 4. The third-order valence-electron chi connectivity index (χ3n) is 3.68. The monoisotopic (exact) mass is 289 g/mol. The molecule has 0 fully saturated rings. The average Bonchev–Trinajstić information content (AvgIpc) is 2.90. The molecule has 3 aromatic rings. The smallest absolute Gasteiger partial charge is 0.326 e. The minimum absolute atomic E-state index is 0.131. The minimum Gasteiger partial charge on any atom is -0.382 e. The van der Waals surface area contributed by atoms with Crippen LogP contribution in [0.15, 0.2) is 16.9 Å². The van der Waals surface area contributed by atoms with E-state index in [0.717, 1.165) is 35.0 Å². The van der Waals surface area contributed by atoms with Crippen molar-refractivity contribution in [3.05, 3.63) is 22.6 Å². The summed E-state index contributed by atoms with van der Waals surface area (Å²) in [6, 6.07) is 3.81. The number of H-pyrrole nitrogens is 1. The van der Waals surface area contributed by atoms with Gasteiger partial charge >= 0.3 is 5.69 Å². The molecular formula is C14H19N5O2. The molecule has 7 heteroatoms. The van der Waals surface area contributed by atoms with Crippen LogP contribution in [0.3, 0.4) is 0 Å². The molecule has 0 saturated heterocycles. The molecule has 21 heavy (non-hydrogen) atoms. The zero-order chi connectivity index (χ0) is 15.0. The molecule has 0 unspecified atom stereocenters. The first-order valence-electron chi connectivity index (χ1n) is 7.04. The first-order chi connectivity index (χ1) is 10.1. The highest BCUT2D eigenvalue weighted by molar-refractivity contribution is 5.92. The van der Waals surface area contributed by atoms with Crippen molar-refractivity contribution in [2.75, 3.05) is 18.9 Å². The highest BCUT2D eigenvalue weighted by Gasteiger charge is 2.12. The Hall–Kier alpha value is -2.28. The Labute approximate surface area is 121 Å². The molecule has 0 aliphatic heterocycles. The van der Waals surface area contributed by atoms with Gasteiger partial charge in [-0.15, -0.1) is 0 Å². The number of rotatable bonds is 5. The molecule has 0 radical (unpaired) electrons. The predicted molar refractivity (Wildman–Crippen MR) is 82.4 cm³/mol. The Bertz CT molecular complexity index is 842. The van der Waals surface area contributed by atoms with Gasteiger partial charge < -0.3 is 20.0 Å². The van der Waals surface area contributed by atoms with Crippen LogP contribution in [0.25, 0.3) is 22.1 Å². The topological polar surface area (TPSA) is 90.9 Å². The van der Waals surface area contributed by atoms with E-state index in [0.29, 0.717) is 19.2 Å². The number of nitrogen functional groups attached to an aromatic ring is 1. The van der Waals surface area contributed by atoms with E-state index >= 15 is 0 Å². The number of anilines is 1. The van der Waals surface area contributed by atoms with Gasteiger partial charge in [0.1, 0.15) is 0 Å². The van der Waals surface area contributed by atoms with Crippen molar-refractivity contribution in [3.63, 3.8) is 0 Å². The van der Waals surface area contributed by atoms with Crippen molar-refractivity contribution in [1.82, 2.24) is 19.1 Å². The largest absolute Gasteiger partial charge is 0.382 e. The molecule has 2 heterocycles. The van der Waals surface area contributed by atoms with Gasteiger partial charge in [0.25, 0.3) is 0 Å². The van der Waals surface area contributed by atoms with Crippen molar-refractivity contribution >= 4 is 28.0 Å². The highest BCUT2D eigenvalue weighted by atomic mass is 16.5. The highest BCUT2D eigenvalue weighted by Crippen LogP contribution is 2.23. The average molecular weight is 289 g/mol. The van der Waals surface area contributed by atoms with Gasteiger partial charge in [-0.3, -0.25) is 4.57 Å². The Morgan fingerprint density at radius 3 is 2.95 bits per heavy atom. The quantitative estimate of drug-likeness (QED) is 0.691. The summed E-state index contributed by atoms with van der Waals surface area (Å²) in [6.45, 7) is 4.13. The summed E-state index contributed by atoms with van der Waals surface area (Å²) in [4.78, 5) is 18.8. The third kappa shape index (κ3) is 2.29. The van der Waals surface area contributed by atoms with E-state index < -0.39 is 0 Å². The number of fused-ring (bicyclic) bond motifs is 2. The number of imidazole rings is 2. The van der Waals surface area contributed by atoms with E-state index in [9.17, 15) is 4.79 Å². The fourth-order valence-electron chi connectivity index (χ4n) is 2.57. The molecule has 0 bridgehead atoms. The SMILES string of the molecule is CCOCCCn1c(N)nc2cc3[nH]c(=O)n(C)c3cc21. The Kier molecular flexibility index (Phi) is 3.42.